The summed E-state index contributed by atoms with van der Waals surface area (Å²) in [7, 11) is 0. The Morgan fingerprint density at radius 2 is 2.04 bits per heavy atom. The molecule has 2 aromatic rings. The quantitative estimate of drug-likeness (QED) is 0.838. The van der Waals surface area contributed by atoms with Gasteiger partial charge in [0.05, 0.1) is 6.54 Å². The van der Waals surface area contributed by atoms with Crippen LogP contribution < -0.4 is 14.8 Å². The molecular formula is C18H22N2O3S. The Labute approximate surface area is 146 Å². The molecule has 1 aliphatic rings. The van der Waals surface area contributed by atoms with E-state index in [4.69, 9.17) is 9.47 Å². The fraction of sp³-hybridized carbons (Fsp3) is 0.389. The molecule has 5 nitrogen and oxygen atoms in total. The van der Waals surface area contributed by atoms with Gasteiger partial charge in [0.2, 0.25) is 5.91 Å². The first-order valence-corrected chi connectivity index (χ1v) is 9.45. The van der Waals surface area contributed by atoms with Crippen molar-refractivity contribution in [2.24, 2.45) is 0 Å². The minimum atomic E-state index is -0.191. The zero-order valence-corrected chi connectivity index (χ0v) is 14.5. The van der Waals surface area contributed by atoms with Gasteiger partial charge in [0.15, 0.2) is 11.5 Å². The molecule has 1 unspecified atom stereocenters. The maximum absolute atomic E-state index is 12.6. The van der Waals surface area contributed by atoms with E-state index in [-0.39, 0.29) is 18.1 Å². The summed E-state index contributed by atoms with van der Waals surface area (Å²) in [5, 5.41) is 3.01. The fourth-order valence-electron chi connectivity index (χ4n) is 2.70. The summed E-state index contributed by atoms with van der Waals surface area (Å²) in [5.74, 6) is 2.44. The second-order valence-electron chi connectivity index (χ2n) is 5.67. The first kappa shape index (κ1) is 16.8. The summed E-state index contributed by atoms with van der Waals surface area (Å²) >= 11 is 1.75. The molecule has 1 amide bonds. The van der Waals surface area contributed by atoms with Crippen molar-refractivity contribution in [1.29, 1.82) is 0 Å². The van der Waals surface area contributed by atoms with Gasteiger partial charge in [0, 0.05) is 12.4 Å². The second kappa shape index (κ2) is 8.15. The van der Waals surface area contributed by atoms with Crippen LogP contribution in [0.15, 0.2) is 48.8 Å². The average molecular weight is 346 g/mol. The molecule has 3 rings (SSSR count). The number of para-hydroxylation sites is 2. The van der Waals surface area contributed by atoms with Crippen molar-refractivity contribution >= 4 is 17.7 Å². The van der Waals surface area contributed by atoms with Crippen molar-refractivity contribution in [3.63, 3.8) is 0 Å². The zero-order chi connectivity index (χ0) is 16.8. The fourth-order valence-corrected chi connectivity index (χ4v) is 3.16. The monoisotopic (exact) mass is 346 g/mol. The first-order chi connectivity index (χ1) is 11.8. The van der Waals surface area contributed by atoms with Crippen molar-refractivity contribution in [2.45, 2.75) is 18.6 Å². The highest BCUT2D eigenvalue weighted by Gasteiger charge is 2.24. The predicted molar refractivity (Wildman–Crippen MR) is 95.8 cm³/mol. The number of ether oxygens (including phenoxy) is 2. The number of carbonyl (C=O) groups excluding carboxylic acids is 1. The Balaban J connectivity index is 1.56. The molecule has 0 aliphatic carbocycles. The van der Waals surface area contributed by atoms with Crippen LogP contribution >= 0.6 is 11.8 Å². The molecule has 6 heteroatoms. The number of nitrogens with zero attached hydrogens (tertiary/aromatic N) is 1. The third-order valence-electron chi connectivity index (χ3n) is 3.96. The molecule has 0 saturated carbocycles. The number of thioether (sulfide) groups is 1. The summed E-state index contributed by atoms with van der Waals surface area (Å²) in [6.45, 7) is 0.875. The molecule has 0 fully saturated rings. The highest BCUT2D eigenvalue weighted by molar-refractivity contribution is 7.98. The lowest BCUT2D eigenvalue weighted by Crippen LogP contribution is -2.43. The van der Waals surface area contributed by atoms with Crippen LogP contribution in [0.25, 0.3) is 0 Å². The number of carbonyl (C=O) groups is 1. The molecule has 0 spiro atoms. The van der Waals surface area contributed by atoms with Crippen LogP contribution in [-0.2, 0) is 4.79 Å². The third kappa shape index (κ3) is 4.06. The van der Waals surface area contributed by atoms with Crippen molar-refractivity contribution in [3.05, 3.63) is 48.8 Å². The molecule has 1 aromatic heterocycles. The van der Waals surface area contributed by atoms with Crippen LogP contribution in [0.4, 0.5) is 0 Å². The number of benzene rings is 1. The number of aromatic nitrogens is 1. The molecule has 128 valence electrons. The van der Waals surface area contributed by atoms with Gasteiger partial charge in [0.1, 0.15) is 18.8 Å². The smallest absolute Gasteiger partial charge is 0.243 e. The van der Waals surface area contributed by atoms with E-state index in [1.807, 2.05) is 53.4 Å². The van der Waals surface area contributed by atoms with Crippen LogP contribution in [0.1, 0.15) is 12.5 Å². The number of hydrogen-bond donors (Lipinski definition) is 1. The molecule has 0 radical (unpaired) electrons. The van der Waals surface area contributed by atoms with Gasteiger partial charge in [-0.3, -0.25) is 4.79 Å². The average Bonchev–Trinajstić information content (AvgIpc) is 3.14. The zero-order valence-electron chi connectivity index (χ0n) is 13.7. The van der Waals surface area contributed by atoms with E-state index in [1.54, 1.807) is 11.8 Å². The Morgan fingerprint density at radius 1 is 1.29 bits per heavy atom. The van der Waals surface area contributed by atoms with Crippen molar-refractivity contribution < 1.29 is 14.3 Å². The van der Waals surface area contributed by atoms with Gasteiger partial charge in [-0.15, -0.1) is 0 Å². The van der Waals surface area contributed by atoms with E-state index in [9.17, 15) is 4.79 Å². The van der Waals surface area contributed by atoms with Crippen molar-refractivity contribution in [1.82, 2.24) is 9.88 Å². The lowest BCUT2D eigenvalue weighted by Gasteiger charge is -2.27. The standard InChI is InChI=1S/C18H22N2O3S/c1-24-11-8-15(20-9-4-5-10-20)18(21)19-12-14-13-22-16-6-2-3-7-17(16)23-14/h2-7,9-10,14-15H,8,11-13H2,1H3,(H,19,21)/t14?,15-/m1/s1. The topological polar surface area (TPSA) is 52.5 Å². The lowest BCUT2D eigenvalue weighted by atomic mass is 10.2. The number of amides is 1. The number of fused-ring (bicyclic) bond motifs is 1. The van der Waals surface area contributed by atoms with E-state index >= 15 is 0 Å². The van der Waals surface area contributed by atoms with E-state index < -0.39 is 0 Å². The number of nitrogens with one attached hydrogen (secondary N) is 1. The summed E-state index contributed by atoms with van der Waals surface area (Å²) < 4.78 is 13.5. The van der Waals surface area contributed by atoms with Gasteiger partial charge in [0.25, 0.3) is 0 Å². The van der Waals surface area contributed by atoms with Crippen LogP contribution in [0.3, 0.4) is 0 Å². The molecule has 24 heavy (non-hydrogen) atoms. The van der Waals surface area contributed by atoms with Crippen molar-refractivity contribution in [2.75, 3.05) is 25.2 Å². The summed E-state index contributed by atoms with van der Waals surface area (Å²) in [4.78, 5) is 12.6. The normalized spacial score (nSPS) is 17.3. The van der Waals surface area contributed by atoms with E-state index in [0.717, 1.165) is 23.7 Å². The van der Waals surface area contributed by atoms with Gasteiger partial charge in [-0.2, -0.15) is 11.8 Å². The maximum atomic E-state index is 12.6. The Hall–Kier alpha value is -2.08. The summed E-state index contributed by atoms with van der Waals surface area (Å²) in [5.41, 5.74) is 0. The summed E-state index contributed by atoms with van der Waals surface area (Å²) in [6, 6.07) is 11.3. The van der Waals surface area contributed by atoms with Crippen LogP contribution in [0, 0.1) is 0 Å². The van der Waals surface area contributed by atoms with E-state index in [0.29, 0.717) is 13.2 Å². The molecular weight excluding hydrogens is 324 g/mol. The second-order valence-corrected chi connectivity index (χ2v) is 6.66. The number of rotatable bonds is 7. The highest BCUT2D eigenvalue weighted by Crippen LogP contribution is 2.30. The van der Waals surface area contributed by atoms with Gasteiger partial charge >= 0.3 is 0 Å². The minimum Gasteiger partial charge on any atom is -0.486 e. The molecule has 0 saturated heterocycles. The van der Waals surface area contributed by atoms with E-state index in [2.05, 4.69) is 11.6 Å². The highest BCUT2D eigenvalue weighted by atomic mass is 32.2. The van der Waals surface area contributed by atoms with Gasteiger partial charge < -0.3 is 19.4 Å². The Bertz CT molecular complexity index is 660. The lowest BCUT2D eigenvalue weighted by molar-refractivity contribution is -0.124. The molecule has 1 aromatic carbocycles. The molecule has 1 aliphatic heterocycles. The van der Waals surface area contributed by atoms with E-state index in [1.165, 1.54) is 0 Å². The SMILES string of the molecule is CSCC[C@H](C(=O)NCC1COc2ccccc2O1)n1cccc1. The first-order valence-electron chi connectivity index (χ1n) is 8.05. The molecule has 2 heterocycles. The number of hydrogen-bond acceptors (Lipinski definition) is 4. The maximum Gasteiger partial charge on any atom is 0.243 e. The molecule has 0 bridgehead atoms. The summed E-state index contributed by atoms with van der Waals surface area (Å²) in [6.07, 6.45) is 6.54. The van der Waals surface area contributed by atoms with Gasteiger partial charge in [-0.1, -0.05) is 12.1 Å². The minimum absolute atomic E-state index is 0.0164. The third-order valence-corrected chi connectivity index (χ3v) is 4.60. The van der Waals surface area contributed by atoms with Crippen LogP contribution in [0.2, 0.25) is 0 Å². The van der Waals surface area contributed by atoms with Gasteiger partial charge in [-0.25, -0.2) is 0 Å². The Kier molecular flexibility index (Phi) is 5.69. The predicted octanol–water partition coefficient (Wildman–Crippen LogP) is 2.74. The molecule has 2 atom stereocenters. The largest absolute Gasteiger partial charge is 0.486 e. The van der Waals surface area contributed by atoms with Crippen molar-refractivity contribution in [3.8, 4) is 11.5 Å². The molecule has 1 N–H and O–H groups in total. The van der Waals surface area contributed by atoms with Crippen LogP contribution in [-0.4, -0.2) is 41.7 Å². The Morgan fingerprint density at radius 3 is 2.79 bits per heavy atom. The van der Waals surface area contributed by atoms with Gasteiger partial charge in [-0.05, 0) is 42.7 Å². The van der Waals surface area contributed by atoms with Crippen LogP contribution in [0.5, 0.6) is 11.5 Å².